The first-order valence-electron chi connectivity index (χ1n) is 9.54. The van der Waals surface area contributed by atoms with Gasteiger partial charge in [0, 0.05) is 40.4 Å². The predicted octanol–water partition coefficient (Wildman–Crippen LogP) is 3.27. The summed E-state index contributed by atoms with van der Waals surface area (Å²) in [4.78, 5) is 14.9. The van der Waals surface area contributed by atoms with Crippen molar-refractivity contribution >= 4 is 49.4 Å². The van der Waals surface area contributed by atoms with E-state index in [0.717, 1.165) is 22.7 Å². The molecule has 0 unspecified atom stereocenters. The number of morpholine rings is 1. The molecule has 10 heteroatoms. The van der Waals surface area contributed by atoms with E-state index in [-0.39, 0.29) is 6.04 Å². The molecule has 0 radical (unpaired) electrons. The lowest BCUT2D eigenvalue weighted by atomic mass is 10.1. The summed E-state index contributed by atoms with van der Waals surface area (Å²) in [6.45, 7) is 3.87. The maximum absolute atomic E-state index is 12.4. The minimum Gasteiger partial charge on any atom is -0.377 e. The first-order valence-corrected chi connectivity index (χ1v) is 11.8. The van der Waals surface area contributed by atoms with Gasteiger partial charge in [-0.1, -0.05) is 11.6 Å². The van der Waals surface area contributed by atoms with Crippen LogP contribution in [0.1, 0.15) is 6.92 Å². The number of benzene rings is 1. The summed E-state index contributed by atoms with van der Waals surface area (Å²) in [7, 11) is -3.53. The van der Waals surface area contributed by atoms with E-state index in [4.69, 9.17) is 21.3 Å². The summed E-state index contributed by atoms with van der Waals surface area (Å²) in [5.74, 6) is 1.11. The lowest BCUT2D eigenvalue weighted by Gasteiger charge is -2.34. The second-order valence-electron chi connectivity index (χ2n) is 7.49. The molecule has 0 bridgehead atoms. The third kappa shape index (κ3) is 3.13. The zero-order valence-electron chi connectivity index (χ0n) is 16.5. The number of fused-ring (bicyclic) bond motifs is 2. The molecule has 30 heavy (non-hydrogen) atoms. The summed E-state index contributed by atoms with van der Waals surface area (Å²) in [5.41, 5.74) is 1.95. The van der Waals surface area contributed by atoms with Gasteiger partial charge in [-0.3, -0.25) is 0 Å². The smallest absolute Gasteiger partial charge is 0.237 e. The Kier molecular flexibility index (Phi) is 4.49. The molecule has 0 saturated carbocycles. The van der Waals surface area contributed by atoms with Crippen molar-refractivity contribution in [3.8, 4) is 11.4 Å². The molecule has 0 spiro atoms. The number of anilines is 1. The van der Waals surface area contributed by atoms with Gasteiger partial charge in [-0.25, -0.2) is 22.4 Å². The Morgan fingerprint density at radius 2 is 2.07 bits per heavy atom. The normalized spacial score (nSPS) is 17.8. The number of H-pyrrole nitrogens is 1. The van der Waals surface area contributed by atoms with E-state index in [9.17, 15) is 8.42 Å². The van der Waals surface area contributed by atoms with Crippen molar-refractivity contribution in [1.29, 1.82) is 0 Å². The molecule has 0 aliphatic carbocycles. The van der Waals surface area contributed by atoms with Crippen LogP contribution in [0.2, 0.25) is 5.02 Å². The van der Waals surface area contributed by atoms with Crippen LogP contribution >= 0.6 is 11.6 Å². The van der Waals surface area contributed by atoms with Gasteiger partial charge in [0.15, 0.2) is 11.5 Å². The fourth-order valence-corrected chi connectivity index (χ4v) is 4.90. The van der Waals surface area contributed by atoms with Gasteiger partial charge in [-0.05, 0) is 31.2 Å². The maximum atomic E-state index is 12.4. The molecule has 8 nitrogen and oxygen atoms in total. The molecule has 5 rings (SSSR count). The number of hydrogen-bond acceptors (Lipinski definition) is 6. The molecule has 3 aromatic heterocycles. The molecule has 1 fully saturated rings. The SMILES string of the molecule is C[C@@H]1COCCN1c1nc(-c2cc(Cl)cc3[nH]ccc23)nc2c1ccn2S(C)(=O)=O. The van der Waals surface area contributed by atoms with Gasteiger partial charge in [0.05, 0.1) is 30.9 Å². The van der Waals surface area contributed by atoms with Crippen molar-refractivity contribution in [1.82, 2.24) is 18.9 Å². The Labute approximate surface area is 178 Å². The van der Waals surface area contributed by atoms with Crippen molar-refractivity contribution in [2.45, 2.75) is 13.0 Å². The van der Waals surface area contributed by atoms with Crippen LogP contribution in [0, 0.1) is 0 Å². The summed E-state index contributed by atoms with van der Waals surface area (Å²) < 4.78 is 31.5. The van der Waals surface area contributed by atoms with Gasteiger partial charge >= 0.3 is 0 Å². The maximum Gasteiger partial charge on any atom is 0.237 e. The fraction of sp³-hybridized carbons (Fsp3) is 0.300. The number of halogens is 1. The van der Waals surface area contributed by atoms with E-state index in [2.05, 4.69) is 21.8 Å². The Balaban J connectivity index is 1.83. The van der Waals surface area contributed by atoms with Crippen LogP contribution in [-0.4, -0.2) is 59.4 Å². The number of hydrogen-bond donors (Lipinski definition) is 1. The van der Waals surface area contributed by atoms with E-state index in [1.165, 1.54) is 10.2 Å². The molecule has 1 aromatic carbocycles. The molecule has 1 aliphatic rings. The zero-order valence-corrected chi connectivity index (χ0v) is 18.0. The Hall–Kier alpha value is -2.62. The average Bonchev–Trinajstić information content (AvgIpc) is 3.33. The van der Waals surface area contributed by atoms with Crippen molar-refractivity contribution < 1.29 is 13.2 Å². The zero-order chi connectivity index (χ0) is 21.0. The number of rotatable bonds is 3. The van der Waals surface area contributed by atoms with Crippen LogP contribution < -0.4 is 4.90 Å². The standard InChI is InChI=1S/C20H20ClN5O3S/c1-12-11-29-8-7-25(12)19-15-4-6-26(30(2,27)28)20(15)24-18(23-19)16-9-13(21)10-17-14(16)3-5-22-17/h3-6,9-10,12,22H,7-8,11H2,1-2H3/t12-/m1/s1. The minimum absolute atomic E-state index is 0.0953. The van der Waals surface area contributed by atoms with Crippen LogP contribution in [0.4, 0.5) is 5.82 Å². The van der Waals surface area contributed by atoms with Crippen LogP contribution in [0.3, 0.4) is 0 Å². The summed E-state index contributed by atoms with van der Waals surface area (Å²) in [6.07, 6.45) is 4.51. The van der Waals surface area contributed by atoms with E-state index in [0.29, 0.717) is 47.5 Å². The highest BCUT2D eigenvalue weighted by Crippen LogP contribution is 2.34. The number of aromatic nitrogens is 4. The molecule has 4 heterocycles. The Morgan fingerprint density at radius 3 is 2.83 bits per heavy atom. The summed E-state index contributed by atoms with van der Waals surface area (Å²) in [5, 5.41) is 2.14. The van der Waals surface area contributed by atoms with Crippen molar-refractivity contribution in [2.75, 3.05) is 30.9 Å². The predicted molar refractivity (Wildman–Crippen MR) is 118 cm³/mol. The molecule has 1 saturated heterocycles. The van der Waals surface area contributed by atoms with Crippen LogP contribution in [-0.2, 0) is 14.8 Å². The van der Waals surface area contributed by atoms with E-state index in [1.807, 2.05) is 18.3 Å². The minimum atomic E-state index is -3.53. The first kappa shape index (κ1) is 19.3. The monoisotopic (exact) mass is 445 g/mol. The highest BCUT2D eigenvalue weighted by Gasteiger charge is 2.26. The lowest BCUT2D eigenvalue weighted by molar-refractivity contribution is 0.0987. The van der Waals surface area contributed by atoms with E-state index in [1.54, 1.807) is 12.1 Å². The van der Waals surface area contributed by atoms with Crippen LogP contribution in [0.5, 0.6) is 0 Å². The average molecular weight is 446 g/mol. The Morgan fingerprint density at radius 1 is 1.23 bits per heavy atom. The second kappa shape index (κ2) is 6.97. The van der Waals surface area contributed by atoms with Crippen LogP contribution in [0.25, 0.3) is 33.3 Å². The highest BCUT2D eigenvalue weighted by molar-refractivity contribution is 7.89. The molecule has 1 N–H and O–H groups in total. The van der Waals surface area contributed by atoms with E-state index >= 15 is 0 Å². The summed E-state index contributed by atoms with van der Waals surface area (Å²) >= 11 is 6.34. The molecule has 156 valence electrons. The third-order valence-electron chi connectivity index (χ3n) is 5.36. The number of aromatic amines is 1. The quantitative estimate of drug-likeness (QED) is 0.520. The lowest BCUT2D eigenvalue weighted by Crippen LogP contribution is -2.44. The van der Waals surface area contributed by atoms with Gasteiger partial charge in [0.2, 0.25) is 10.0 Å². The Bertz CT molecular complexity index is 1380. The number of ether oxygens (including phenoxy) is 1. The van der Waals surface area contributed by atoms with Gasteiger partial charge in [-0.2, -0.15) is 0 Å². The number of nitrogens with one attached hydrogen (secondary N) is 1. The second-order valence-corrected chi connectivity index (χ2v) is 9.79. The van der Waals surface area contributed by atoms with Gasteiger partial charge in [0.1, 0.15) is 5.82 Å². The van der Waals surface area contributed by atoms with Gasteiger partial charge in [0.25, 0.3) is 0 Å². The molecular weight excluding hydrogens is 426 g/mol. The molecule has 4 aromatic rings. The highest BCUT2D eigenvalue weighted by atomic mass is 35.5. The molecular formula is C20H20ClN5O3S. The third-order valence-corrected chi connectivity index (χ3v) is 6.59. The topological polar surface area (TPSA) is 93.1 Å². The summed E-state index contributed by atoms with van der Waals surface area (Å²) in [6, 6.07) is 7.42. The van der Waals surface area contributed by atoms with Crippen molar-refractivity contribution in [2.24, 2.45) is 0 Å². The molecule has 1 atom stereocenters. The fourth-order valence-electron chi connectivity index (χ4n) is 3.94. The molecule has 0 amide bonds. The van der Waals surface area contributed by atoms with Gasteiger partial charge in [-0.15, -0.1) is 0 Å². The van der Waals surface area contributed by atoms with Gasteiger partial charge < -0.3 is 14.6 Å². The van der Waals surface area contributed by atoms with Crippen LogP contribution in [0.15, 0.2) is 36.7 Å². The van der Waals surface area contributed by atoms with E-state index < -0.39 is 10.0 Å². The largest absolute Gasteiger partial charge is 0.377 e. The number of nitrogens with zero attached hydrogens (tertiary/aromatic N) is 4. The van der Waals surface area contributed by atoms with Crippen molar-refractivity contribution in [3.05, 3.63) is 41.7 Å². The van der Waals surface area contributed by atoms with Crippen molar-refractivity contribution in [3.63, 3.8) is 0 Å². The molecule has 1 aliphatic heterocycles. The first-order chi connectivity index (χ1) is 14.3.